The molecule has 0 aromatic rings. The van der Waals surface area contributed by atoms with Crippen molar-refractivity contribution in [3.63, 3.8) is 0 Å². The van der Waals surface area contributed by atoms with Gasteiger partial charge in [0.15, 0.2) is 0 Å². The summed E-state index contributed by atoms with van der Waals surface area (Å²) in [5.41, 5.74) is 0. The highest BCUT2D eigenvalue weighted by atomic mass is 16.5. The second kappa shape index (κ2) is 66.3. The Morgan fingerprint density at radius 1 is 0.364 bits per heavy atom. The van der Waals surface area contributed by atoms with Gasteiger partial charge in [-0.1, -0.05) is 313 Å². The van der Waals surface area contributed by atoms with Crippen molar-refractivity contribution in [2.45, 2.75) is 379 Å². The van der Waals surface area contributed by atoms with Gasteiger partial charge in [0.2, 0.25) is 5.91 Å². The van der Waals surface area contributed by atoms with Crippen LogP contribution in [-0.2, 0) is 14.3 Å². The molecule has 452 valence electrons. The fourth-order valence-corrected chi connectivity index (χ4v) is 10.5. The zero-order valence-electron chi connectivity index (χ0n) is 51.7. The number of aliphatic hydroxyl groups excluding tert-OH is 2. The number of rotatable bonds is 64. The van der Waals surface area contributed by atoms with Crippen LogP contribution in [0.1, 0.15) is 367 Å². The zero-order valence-corrected chi connectivity index (χ0v) is 51.7. The molecule has 2 atom stereocenters. The highest BCUT2D eigenvalue weighted by Crippen LogP contribution is 2.17. The van der Waals surface area contributed by atoms with E-state index in [0.717, 1.165) is 51.4 Å². The summed E-state index contributed by atoms with van der Waals surface area (Å²) in [5, 5.41) is 23.0. The minimum atomic E-state index is -0.841. The topological polar surface area (TPSA) is 95.9 Å². The summed E-state index contributed by atoms with van der Waals surface area (Å²) in [5.74, 6) is -0.0572. The van der Waals surface area contributed by atoms with E-state index in [-0.39, 0.29) is 18.5 Å². The van der Waals surface area contributed by atoms with Crippen molar-refractivity contribution in [1.82, 2.24) is 5.32 Å². The number of amides is 1. The third kappa shape index (κ3) is 62.9. The number of allylic oxidation sites excluding steroid dienone is 7. The Balaban J connectivity index is 3.36. The lowest BCUT2D eigenvalue weighted by Gasteiger charge is -2.20. The maximum absolute atomic E-state index is 12.4. The van der Waals surface area contributed by atoms with Gasteiger partial charge in [-0.3, -0.25) is 9.59 Å². The first-order valence-corrected chi connectivity index (χ1v) is 34.4. The molecule has 6 heteroatoms. The quantitative estimate of drug-likeness (QED) is 0.0320. The first-order valence-electron chi connectivity index (χ1n) is 34.4. The molecule has 0 aromatic carbocycles. The fraction of sp³-hybridized carbons (Fsp3) is 0.859. The summed E-state index contributed by atoms with van der Waals surface area (Å²) < 4.78 is 5.50. The smallest absolute Gasteiger partial charge is 0.305 e. The second-order valence-electron chi connectivity index (χ2n) is 23.5. The predicted octanol–water partition coefficient (Wildman–Crippen LogP) is 22.1. The molecule has 0 spiro atoms. The van der Waals surface area contributed by atoms with Crippen LogP contribution >= 0.6 is 0 Å². The summed E-state index contributed by atoms with van der Waals surface area (Å²) >= 11 is 0. The summed E-state index contributed by atoms with van der Waals surface area (Å²) in [4.78, 5) is 24.5. The molecule has 0 bridgehead atoms. The molecule has 6 nitrogen and oxygen atoms in total. The van der Waals surface area contributed by atoms with E-state index >= 15 is 0 Å². The molecule has 0 heterocycles. The molecule has 1 amide bonds. The largest absolute Gasteiger partial charge is 0.466 e. The van der Waals surface area contributed by atoms with Crippen molar-refractivity contribution in [3.05, 3.63) is 48.6 Å². The monoisotopic (exact) mass is 1080 g/mol. The van der Waals surface area contributed by atoms with E-state index in [2.05, 4.69) is 55.6 Å². The van der Waals surface area contributed by atoms with Crippen LogP contribution in [0.2, 0.25) is 0 Å². The SMILES string of the molecule is CCCCCCCCC/C=C\CCCCCCCCCC(=O)OCCCCCCCCCCC/C=C\C/C=C\CCCCCCCCCCCCCCCCCCCC(=O)NC(CO)C(O)/C=C/CCCCCCCCC. The van der Waals surface area contributed by atoms with Crippen LogP contribution in [0.5, 0.6) is 0 Å². The van der Waals surface area contributed by atoms with E-state index in [1.165, 1.54) is 289 Å². The van der Waals surface area contributed by atoms with Gasteiger partial charge in [-0.25, -0.2) is 0 Å². The fourth-order valence-electron chi connectivity index (χ4n) is 10.5. The first-order chi connectivity index (χ1) is 38.0. The molecule has 3 N–H and O–H groups in total. The lowest BCUT2D eigenvalue weighted by Crippen LogP contribution is -2.45. The lowest BCUT2D eigenvalue weighted by atomic mass is 10.0. The van der Waals surface area contributed by atoms with E-state index < -0.39 is 12.1 Å². The van der Waals surface area contributed by atoms with Crippen LogP contribution in [0.15, 0.2) is 48.6 Å². The van der Waals surface area contributed by atoms with Crippen LogP contribution in [0.4, 0.5) is 0 Å². The molecule has 2 unspecified atom stereocenters. The van der Waals surface area contributed by atoms with Gasteiger partial charge < -0.3 is 20.3 Å². The van der Waals surface area contributed by atoms with Gasteiger partial charge in [-0.2, -0.15) is 0 Å². The minimum Gasteiger partial charge on any atom is -0.466 e. The molecule has 0 saturated carbocycles. The number of esters is 1. The van der Waals surface area contributed by atoms with Crippen molar-refractivity contribution < 1.29 is 24.5 Å². The third-order valence-corrected chi connectivity index (χ3v) is 15.8. The van der Waals surface area contributed by atoms with Crippen molar-refractivity contribution in [2.75, 3.05) is 13.2 Å². The number of aliphatic hydroxyl groups is 2. The van der Waals surface area contributed by atoms with Crippen molar-refractivity contribution >= 4 is 11.9 Å². The van der Waals surface area contributed by atoms with Crippen LogP contribution in [0.25, 0.3) is 0 Å². The van der Waals surface area contributed by atoms with Crippen LogP contribution in [-0.4, -0.2) is 47.4 Å². The van der Waals surface area contributed by atoms with Crippen molar-refractivity contribution in [2.24, 2.45) is 0 Å². The number of hydrogen-bond donors (Lipinski definition) is 3. The van der Waals surface area contributed by atoms with Gasteiger partial charge in [0, 0.05) is 12.8 Å². The average Bonchev–Trinajstić information content (AvgIpc) is 3.43. The number of carbonyl (C=O) groups excluding carboxylic acids is 2. The molecular weight excluding hydrogens is 947 g/mol. The van der Waals surface area contributed by atoms with Gasteiger partial charge in [0.25, 0.3) is 0 Å². The van der Waals surface area contributed by atoms with Crippen LogP contribution < -0.4 is 5.32 Å². The number of carbonyl (C=O) groups is 2. The molecule has 0 aliphatic heterocycles. The number of unbranched alkanes of at least 4 members (excludes halogenated alkanes) is 47. The second-order valence-corrected chi connectivity index (χ2v) is 23.5. The highest BCUT2D eigenvalue weighted by Gasteiger charge is 2.18. The maximum atomic E-state index is 12.4. The van der Waals surface area contributed by atoms with E-state index in [9.17, 15) is 19.8 Å². The predicted molar refractivity (Wildman–Crippen MR) is 338 cm³/mol. The summed E-state index contributed by atoms with van der Waals surface area (Å²) in [6.45, 7) is 4.89. The third-order valence-electron chi connectivity index (χ3n) is 15.8. The molecular formula is C71H133NO5. The number of nitrogens with one attached hydrogen (secondary N) is 1. The Morgan fingerprint density at radius 2 is 0.649 bits per heavy atom. The molecule has 0 rings (SSSR count). The van der Waals surface area contributed by atoms with Gasteiger partial charge in [0.1, 0.15) is 0 Å². The van der Waals surface area contributed by atoms with Crippen LogP contribution in [0.3, 0.4) is 0 Å². The Labute approximate surface area is 480 Å². The van der Waals surface area contributed by atoms with E-state index in [1.54, 1.807) is 6.08 Å². The van der Waals surface area contributed by atoms with Crippen molar-refractivity contribution in [1.29, 1.82) is 0 Å². The summed E-state index contributed by atoms with van der Waals surface area (Å²) in [6, 6.07) is -0.625. The molecule has 0 aromatic heterocycles. The van der Waals surface area contributed by atoms with Gasteiger partial charge in [-0.15, -0.1) is 0 Å². The molecule has 77 heavy (non-hydrogen) atoms. The van der Waals surface area contributed by atoms with Crippen LogP contribution in [0, 0.1) is 0 Å². The Hall–Kier alpha value is -2.18. The molecule has 0 fully saturated rings. The molecule has 0 saturated heterocycles. The zero-order chi connectivity index (χ0) is 55.7. The van der Waals surface area contributed by atoms with E-state index in [1.807, 2.05) is 6.08 Å². The average molecular weight is 1080 g/mol. The van der Waals surface area contributed by atoms with Gasteiger partial charge in [0.05, 0.1) is 25.4 Å². The molecule has 0 aliphatic rings. The molecule has 0 aliphatic carbocycles. The Bertz CT molecular complexity index is 1290. The highest BCUT2D eigenvalue weighted by molar-refractivity contribution is 5.76. The molecule has 0 radical (unpaired) electrons. The standard InChI is InChI=1S/C71H133NO5/c1-3-5-7-9-11-13-14-15-16-17-36-39-42-45-49-53-57-61-65-71(76)77-66-62-58-54-50-46-43-40-37-34-32-30-28-26-24-22-20-18-19-21-23-25-27-29-31-33-35-38-41-44-48-52-56-60-64-70(75)72-68(67-73)69(74)63-59-55-51-47-12-10-8-6-4-2/h16-17,22,24,28,30,59,63,68-69,73-74H,3-15,18-21,23,25-27,29,31-58,60-62,64-67H2,1-2H3,(H,72,75)/b17-16-,24-22-,30-28-,63-59+. The lowest BCUT2D eigenvalue weighted by molar-refractivity contribution is -0.143. The van der Waals surface area contributed by atoms with Crippen molar-refractivity contribution in [3.8, 4) is 0 Å². The van der Waals surface area contributed by atoms with Gasteiger partial charge >= 0.3 is 5.97 Å². The normalized spacial score (nSPS) is 12.8. The minimum absolute atomic E-state index is 0.0110. The Morgan fingerprint density at radius 3 is 1.00 bits per heavy atom. The number of ether oxygens (including phenoxy) is 1. The maximum Gasteiger partial charge on any atom is 0.305 e. The van der Waals surface area contributed by atoms with Gasteiger partial charge in [-0.05, 0) is 89.9 Å². The summed E-state index contributed by atoms with van der Waals surface area (Å²) in [6.07, 6.45) is 86.3. The summed E-state index contributed by atoms with van der Waals surface area (Å²) in [7, 11) is 0. The number of hydrogen-bond acceptors (Lipinski definition) is 5. The Kier molecular flexibility index (Phi) is 64.5. The first kappa shape index (κ1) is 74.8. The van der Waals surface area contributed by atoms with E-state index in [0.29, 0.717) is 19.4 Å². The van der Waals surface area contributed by atoms with E-state index in [4.69, 9.17) is 4.74 Å².